The van der Waals surface area contributed by atoms with Gasteiger partial charge >= 0.3 is 6.18 Å². The number of nitrogens with one attached hydrogen (secondary N) is 2. The van der Waals surface area contributed by atoms with Gasteiger partial charge in [0.2, 0.25) is 11.8 Å². The highest BCUT2D eigenvalue weighted by Crippen LogP contribution is 2.32. The molecule has 8 heteroatoms. The van der Waals surface area contributed by atoms with E-state index in [9.17, 15) is 22.8 Å². The zero-order valence-electron chi connectivity index (χ0n) is 14.9. The molecule has 2 N–H and O–H groups in total. The third kappa shape index (κ3) is 5.45. The number of halogens is 3. The second kappa shape index (κ2) is 8.53. The second-order valence-electron chi connectivity index (χ2n) is 6.83. The molecule has 1 aromatic carbocycles. The van der Waals surface area contributed by atoms with E-state index in [2.05, 4.69) is 10.6 Å². The van der Waals surface area contributed by atoms with Crippen molar-refractivity contribution in [2.24, 2.45) is 5.92 Å². The van der Waals surface area contributed by atoms with Crippen LogP contribution >= 0.6 is 0 Å². The van der Waals surface area contributed by atoms with Crippen LogP contribution in [0.15, 0.2) is 24.3 Å². The van der Waals surface area contributed by atoms with Crippen molar-refractivity contribution in [2.75, 3.05) is 19.6 Å². The van der Waals surface area contributed by atoms with Gasteiger partial charge in [-0.2, -0.15) is 13.2 Å². The Morgan fingerprint density at radius 2 is 2.04 bits per heavy atom. The van der Waals surface area contributed by atoms with Crippen LogP contribution in [0.2, 0.25) is 0 Å². The summed E-state index contributed by atoms with van der Waals surface area (Å²) in [4.78, 5) is 25.9. The van der Waals surface area contributed by atoms with Crippen LogP contribution in [0, 0.1) is 5.92 Å². The Hall–Kier alpha value is -2.09. The Morgan fingerprint density at radius 1 is 1.35 bits per heavy atom. The molecule has 1 heterocycles. The molecule has 0 spiro atoms. The molecule has 0 saturated carbocycles. The molecule has 0 aromatic heterocycles. The summed E-state index contributed by atoms with van der Waals surface area (Å²) >= 11 is 0. The van der Waals surface area contributed by atoms with Gasteiger partial charge in [-0.3, -0.25) is 14.5 Å². The Kier molecular flexibility index (Phi) is 6.63. The number of amides is 2. The normalized spacial score (nSPS) is 18.7. The van der Waals surface area contributed by atoms with E-state index in [0.717, 1.165) is 6.07 Å². The van der Waals surface area contributed by atoms with Gasteiger partial charge in [0.05, 0.1) is 18.0 Å². The number of nitrogens with zero attached hydrogens (tertiary/aromatic N) is 1. The first-order valence-electron chi connectivity index (χ1n) is 8.62. The van der Waals surface area contributed by atoms with E-state index in [1.165, 1.54) is 12.1 Å². The molecule has 1 aliphatic heterocycles. The van der Waals surface area contributed by atoms with E-state index >= 15 is 0 Å². The number of hydrogen-bond donors (Lipinski definition) is 2. The molecule has 2 rings (SSSR count). The zero-order valence-corrected chi connectivity index (χ0v) is 14.9. The molecular formula is C18H24F3N3O2. The van der Waals surface area contributed by atoms with Crippen molar-refractivity contribution in [3.05, 3.63) is 35.4 Å². The van der Waals surface area contributed by atoms with Gasteiger partial charge in [-0.25, -0.2) is 0 Å². The molecule has 1 aliphatic rings. The maximum atomic E-state index is 13.2. The molecule has 26 heavy (non-hydrogen) atoms. The quantitative estimate of drug-likeness (QED) is 0.806. The topological polar surface area (TPSA) is 61.4 Å². The molecular weight excluding hydrogens is 347 g/mol. The largest absolute Gasteiger partial charge is 0.416 e. The molecule has 2 amide bonds. The lowest BCUT2D eigenvalue weighted by Gasteiger charge is -2.35. The van der Waals surface area contributed by atoms with E-state index in [1.54, 1.807) is 11.0 Å². The van der Waals surface area contributed by atoms with Gasteiger partial charge in [0, 0.05) is 26.2 Å². The van der Waals surface area contributed by atoms with Crippen LogP contribution in [0.1, 0.15) is 31.4 Å². The minimum Gasteiger partial charge on any atom is -0.356 e. The average molecular weight is 371 g/mol. The highest BCUT2D eigenvalue weighted by Gasteiger charge is 2.36. The lowest BCUT2D eigenvalue weighted by molar-refractivity contribution is -0.139. The number of alkyl halides is 3. The number of benzene rings is 1. The van der Waals surface area contributed by atoms with Crippen molar-refractivity contribution in [3.8, 4) is 0 Å². The summed E-state index contributed by atoms with van der Waals surface area (Å²) in [5.41, 5.74) is -0.615. The van der Waals surface area contributed by atoms with E-state index < -0.39 is 17.8 Å². The molecule has 1 aromatic rings. The fourth-order valence-electron chi connectivity index (χ4n) is 2.89. The van der Waals surface area contributed by atoms with Crippen molar-refractivity contribution < 1.29 is 22.8 Å². The molecule has 1 fully saturated rings. The first kappa shape index (κ1) is 20.2. The zero-order chi connectivity index (χ0) is 19.3. The molecule has 5 nitrogen and oxygen atoms in total. The van der Waals surface area contributed by atoms with Crippen molar-refractivity contribution in [3.63, 3.8) is 0 Å². The van der Waals surface area contributed by atoms with E-state index in [0.29, 0.717) is 19.6 Å². The predicted octanol–water partition coefficient (Wildman–Crippen LogP) is 2.17. The minimum atomic E-state index is -4.46. The summed E-state index contributed by atoms with van der Waals surface area (Å²) in [7, 11) is 0. The average Bonchev–Trinajstić information content (AvgIpc) is 2.55. The molecule has 1 saturated heterocycles. The summed E-state index contributed by atoms with van der Waals surface area (Å²) in [6, 6.07) is 4.54. The Morgan fingerprint density at radius 3 is 2.69 bits per heavy atom. The fraction of sp³-hybridized carbons (Fsp3) is 0.556. The lowest BCUT2D eigenvalue weighted by Crippen LogP contribution is -2.56. The standard InChI is InChI=1S/C18H24F3N3O2/c1-12(2)10-23-16(25)9-15-17(26)22-7-8-24(15)11-13-5-3-4-6-14(13)18(19,20)21/h3-6,12,15H,7-11H2,1-2H3,(H,22,26)(H,23,25). The van der Waals surface area contributed by atoms with Crippen LogP contribution in [0.5, 0.6) is 0 Å². The third-order valence-electron chi connectivity index (χ3n) is 4.22. The molecule has 0 radical (unpaired) electrons. The summed E-state index contributed by atoms with van der Waals surface area (Å²) in [5.74, 6) is -0.343. The van der Waals surface area contributed by atoms with Crippen molar-refractivity contribution in [1.82, 2.24) is 15.5 Å². The summed E-state index contributed by atoms with van der Waals surface area (Å²) in [5, 5.41) is 5.42. The van der Waals surface area contributed by atoms with Crippen molar-refractivity contribution >= 4 is 11.8 Å². The maximum Gasteiger partial charge on any atom is 0.416 e. The highest BCUT2D eigenvalue weighted by molar-refractivity contribution is 5.88. The van der Waals surface area contributed by atoms with Crippen LogP contribution in [0.4, 0.5) is 13.2 Å². The van der Waals surface area contributed by atoms with E-state index in [1.807, 2.05) is 13.8 Å². The number of piperazine rings is 1. The van der Waals surface area contributed by atoms with Crippen LogP contribution in [-0.4, -0.2) is 42.4 Å². The molecule has 0 aliphatic carbocycles. The number of rotatable bonds is 6. The van der Waals surface area contributed by atoms with Crippen LogP contribution in [-0.2, 0) is 22.3 Å². The number of hydrogen-bond acceptors (Lipinski definition) is 3. The molecule has 1 unspecified atom stereocenters. The van der Waals surface area contributed by atoms with Gasteiger partial charge in [0.15, 0.2) is 0 Å². The van der Waals surface area contributed by atoms with E-state index in [4.69, 9.17) is 0 Å². The first-order valence-corrected chi connectivity index (χ1v) is 8.62. The Bertz CT molecular complexity index is 647. The second-order valence-corrected chi connectivity index (χ2v) is 6.83. The van der Waals surface area contributed by atoms with Crippen LogP contribution in [0.25, 0.3) is 0 Å². The summed E-state index contributed by atoms with van der Waals surface area (Å²) in [6.07, 6.45) is -4.54. The first-order chi connectivity index (χ1) is 12.2. The van der Waals surface area contributed by atoms with Crippen LogP contribution in [0.3, 0.4) is 0 Å². The van der Waals surface area contributed by atoms with Gasteiger partial charge in [-0.05, 0) is 17.5 Å². The Balaban J connectivity index is 2.13. The van der Waals surface area contributed by atoms with Gasteiger partial charge in [0.1, 0.15) is 0 Å². The summed E-state index contributed by atoms with van der Waals surface area (Å²) < 4.78 is 39.6. The number of carbonyl (C=O) groups excluding carboxylic acids is 2. The molecule has 1 atom stereocenters. The highest BCUT2D eigenvalue weighted by atomic mass is 19.4. The monoisotopic (exact) mass is 371 g/mol. The fourth-order valence-corrected chi connectivity index (χ4v) is 2.89. The summed E-state index contributed by atoms with van der Waals surface area (Å²) in [6.45, 7) is 5.09. The Labute approximate surface area is 150 Å². The van der Waals surface area contributed by atoms with Gasteiger partial charge < -0.3 is 10.6 Å². The number of carbonyl (C=O) groups is 2. The van der Waals surface area contributed by atoms with Crippen LogP contribution < -0.4 is 10.6 Å². The van der Waals surface area contributed by atoms with Crippen molar-refractivity contribution in [1.29, 1.82) is 0 Å². The van der Waals surface area contributed by atoms with E-state index in [-0.39, 0.29) is 36.3 Å². The third-order valence-corrected chi connectivity index (χ3v) is 4.22. The van der Waals surface area contributed by atoms with Gasteiger partial charge in [-0.1, -0.05) is 32.0 Å². The lowest BCUT2D eigenvalue weighted by atomic mass is 10.0. The smallest absolute Gasteiger partial charge is 0.356 e. The van der Waals surface area contributed by atoms with Gasteiger partial charge in [0.25, 0.3) is 0 Å². The molecule has 144 valence electrons. The minimum absolute atomic E-state index is 0.0365. The molecule has 0 bridgehead atoms. The SMILES string of the molecule is CC(C)CNC(=O)CC1C(=O)NCCN1Cc1ccccc1C(F)(F)F. The van der Waals surface area contributed by atoms with Gasteiger partial charge in [-0.15, -0.1) is 0 Å². The maximum absolute atomic E-state index is 13.2. The predicted molar refractivity (Wildman–Crippen MR) is 91.1 cm³/mol. The van der Waals surface area contributed by atoms with Crippen molar-refractivity contribution in [2.45, 2.75) is 39.0 Å².